The highest BCUT2D eigenvalue weighted by Crippen LogP contribution is 2.33. The summed E-state index contributed by atoms with van der Waals surface area (Å²) in [5.41, 5.74) is 1.42. The second-order valence-corrected chi connectivity index (χ2v) is 5.17. The summed E-state index contributed by atoms with van der Waals surface area (Å²) >= 11 is 4.12. The lowest BCUT2D eigenvalue weighted by atomic mass is 10.1. The summed E-state index contributed by atoms with van der Waals surface area (Å²) in [7, 11) is 1.72. The smallest absolute Gasteiger partial charge is 0.132 e. The van der Waals surface area contributed by atoms with Crippen LogP contribution in [0, 0.1) is 3.57 Å². The third-order valence-electron chi connectivity index (χ3n) is 2.31. The maximum absolute atomic E-state index is 5.32. The molecule has 2 aromatic rings. The molecule has 1 heterocycles. The summed E-state index contributed by atoms with van der Waals surface area (Å²) in [6.07, 6.45) is 1.09. The molecule has 14 heavy (non-hydrogen) atoms. The van der Waals surface area contributed by atoms with Gasteiger partial charge >= 0.3 is 0 Å². The van der Waals surface area contributed by atoms with Gasteiger partial charge in [0.1, 0.15) is 5.75 Å². The number of aryl methyl sites for hydroxylation is 1. The van der Waals surface area contributed by atoms with Gasteiger partial charge in [-0.3, -0.25) is 0 Å². The zero-order chi connectivity index (χ0) is 10.1. The average molecular weight is 318 g/mol. The molecule has 0 N–H and O–H groups in total. The van der Waals surface area contributed by atoms with Gasteiger partial charge in [-0.1, -0.05) is 6.92 Å². The SMILES string of the molecule is CCc1csc2cc(I)c(OC)cc12. The van der Waals surface area contributed by atoms with Gasteiger partial charge in [0.15, 0.2) is 0 Å². The molecule has 1 aromatic heterocycles. The minimum Gasteiger partial charge on any atom is -0.496 e. The van der Waals surface area contributed by atoms with Crippen LogP contribution in [0.5, 0.6) is 5.75 Å². The van der Waals surface area contributed by atoms with Crippen LogP contribution in [-0.4, -0.2) is 7.11 Å². The van der Waals surface area contributed by atoms with Gasteiger partial charge < -0.3 is 4.74 Å². The maximum atomic E-state index is 5.32. The topological polar surface area (TPSA) is 9.23 Å². The van der Waals surface area contributed by atoms with E-state index in [1.165, 1.54) is 19.2 Å². The normalized spacial score (nSPS) is 10.8. The fraction of sp³-hybridized carbons (Fsp3) is 0.273. The number of methoxy groups -OCH3 is 1. The molecule has 0 fully saturated rings. The number of halogens is 1. The Kier molecular flexibility index (Phi) is 2.97. The van der Waals surface area contributed by atoms with E-state index in [4.69, 9.17) is 4.74 Å². The predicted molar refractivity (Wildman–Crippen MR) is 70.5 cm³/mol. The molecule has 0 saturated heterocycles. The van der Waals surface area contributed by atoms with Crippen LogP contribution in [0.3, 0.4) is 0 Å². The number of benzene rings is 1. The quantitative estimate of drug-likeness (QED) is 0.758. The van der Waals surface area contributed by atoms with Crippen molar-refractivity contribution in [1.82, 2.24) is 0 Å². The van der Waals surface area contributed by atoms with Crippen molar-refractivity contribution in [2.45, 2.75) is 13.3 Å². The number of rotatable bonds is 2. The van der Waals surface area contributed by atoms with Gasteiger partial charge in [-0.15, -0.1) is 11.3 Å². The molecule has 1 aromatic carbocycles. The zero-order valence-corrected chi connectivity index (χ0v) is 11.1. The van der Waals surface area contributed by atoms with Crippen LogP contribution in [0.2, 0.25) is 0 Å². The molecule has 0 aliphatic rings. The molecule has 0 saturated carbocycles. The number of hydrogen-bond donors (Lipinski definition) is 0. The Morgan fingerprint density at radius 1 is 1.43 bits per heavy atom. The molecule has 0 spiro atoms. The van der Waals surface area contributed by atoms with Crippen LogP contribution in [0.15, 0.2) is 17.5 Å². The van der Waals surface area contributed by atoms with E-state index in [0.717, 1.165) is 12.2 Å². The van der Waals surface area contributed by atoms with E-state index >= 15 is 0 Å². The van der Waals surface area contributed by atoms with Gasteiger partial charge in [0, 0.05) is 4.70 Å². The lowest BCUT2D eigenvalue weighted by Crippen LogP contribution is -1.86. The number of ether oxygens (including phenoxy) is 1. The maximum Gasteiger partial charge on any atom is 0.132 e. The molecule has 0 aliphatic heterocycles. The fourth-order valence-corrected chi connectivity index (χ4v) is 3.48. The van der Waals surface area contributed by atoms with Crippen molar-refractivity contribution in [3.63, 3.8) is 0 Å². The van der Waals surface area contributed by atoms with Crippen molar-refractivity contribution in [2.24, 2.45) is 0 Å². The van der Waals surface area contributed by atoms with Crippen LogP contribution in [0.1, 0.15) is 12.5 Å². The van der Waals surface area contributed by atoms with Crippen LogP contribution in [0.4, 0.5) is 0 Å². The Labute approximate surface area is 101 Å². The summed E-state index contributed by atoms with van der Waals surface area (Å²) in [6.45, 7) is 2.19. The Morgan fingerprint density at radius 3 is 2.86 bits per heavy atom. The molecule has 1 nitrogen and oxygen atoms in total. The zero-order valence-electron chi connectivity index (χ0n) is 8.13. The van der Waals surface area contributed by atoms with Gasteiger partial charge in [-0.2, -0.15) is 0 Å². The van der Waals surface area contributed by atoms with Crippen molar-refractivity contribution in [1.29, 1.82) is 0 Å². The highest BCUT2D eigenvalue weighted by molar-refractivity contribution is 14.1. The van der Waals surface area contributed by atoms with E-state index in [2.05, 4.69) is 47.0 Å². The molecule has 0 bridgehead atoms. The van der Waals surface area contributed by atoms with E-state index < -0.39 is 0 Å². The van der Waals surface area contributed by atoms with Crippen LogP contribution in [-0.2, 0) is 6.42 Å². The first-order valence-corrected chi connectivity index (χ1v) is 6.45. The Balaban J connectivity index is 2.70. The Bertz CT molecular complexity index is 462. The van der Waals surface area contributed by atoms with Crippen LogP contribution < -0.4 is 4.74 Å². The van der Waals surface area contributed by atoms with E-state index in [0.29, 0.717) is 0 Å². The van der Waals surface area contributed by atoms with Crippen molar-refractivity contribution in [2.75, 3.05) is 7.11 Å². The first kappa shape index (κ1) is 10.2. The number of hydrogen-bond acceptors (Lipinski definition) is 2. The molecular weight excluding hydrogens is 307 g/mol. The molecule has 3 heteroatoms. The van der Waals surface area contributed by atoms with Gasteiger partial charge in [0.05, 0.1) is 10.7 Å². The predicted octanol–water partition coefficient (Wildman–Crippen LogP) is 4.08. The summed E-state index contributed by atoms with van der Waals surface area (Å²) in [5.74, 6) is 0.978. The first-order valence-electron chi connectivity index (χ1n) is 4.50. The third kappa shape index (κ3) is 1.63. The molecular formula is C11H11IOS. The lowest BCUT2D eigenvalue weighted by Gasteiger charge is -2.03. The van der Waals surface area contributed by atoms with Crippen LogP contribution in [0.25, 0.3) is 10.1 Å². The molecule has 0 aliphatic carbocycles. The third-order valence-corrected chi connectivity index (χ3v) is 4.15. The monoisotopic (exact) mass is 318 g/mol. The molecule has 0 unspecified atom stereocenters. The minimum atomic E-state index is 0.978. The summed E-state index contributed by atoms with van der Waals surface area (Å²) < 4.78 is 7.86. The first-order chi connectivity index (χ1) is 6.76. The molecule has 0 amide bonds. The highest BCUT2D eigenvalue weighted by Gasteiger charge is 2.07. The fourth-order valence-electron chi connectivity index (χ4n) is 1.51. The molecule has 0 atom stereocenters. The standard InChI is InChI=1S/C11H11IOS/c1-3-7-6-14-11-5-9(12)10(13-2)4-8(7)11/h4-6H,3H2,1-2H3. The van der Waals surface area contributed by atoms with E-state index in [1.54, 1.807) is 7.11 Å². The van der Waals surface area contributed by atoms with Crippen molar-refractivity contribution in [3.05, 3.63) is 26.6 Å². The molecule has 74 valence electrons. The number of thiophene rings is 1. The van der Waals surface area contributed by atoms with Gasteiger partial charge in [-0.05, 0) is 57.5 Å². The van der Waals surface area contributed by atoms with E-state index in [1.807, 2.05) is 11.3 Å². The van der Waals surface area contributed by atoms with E-state index in [9.17, 15) is 0 Å². The summed E-state index contributed by atoms with van der Waals surface area (Å²) in [6, 6.07) is 4.34. The lowest BCUT2D eigenvalue weighted by molar-refractivity contribution is 0.412. The van der Waals surface area contributed by atoms with Crippen molar-refractivity contribution >= 4 is 44.0 Å². The van der Waals surface area contributed by atoms with Crippen LogP contribution >= 0.6 is 33.9 Å². The summed E-state index contributed by atoms with van der Waals surface area (Å²) in [5, 5.41) is 3.58. The summed E-state index contributed by atoms with van der Waals surface area (Å²) in [4.78, 5) is 0. The van der Waals surface area contributed by atoms with Crippen molar-refractivity contribution < 1.29 is 4.74 Å². The number of fused-ring (bicyclic) bond motifs is 1. The second kappa shape index (κ2) is 4.06. The minimum absolute atomic E-state index is 0.978. The molecule has 2 rings (SSSR count). The average Bonchev–Trinajstić information content (AvgIpc) is 2.58. The van der Waals surface area contributed by atoms with Crippen molar-refractivity contribution in [3.8, 4) is 5.75 Å². The van der Waals surface area contributed by atoms with Gasteiger partial charge in [-0.25, -0.2) is 0 Å². The second-order valence-electron chi connectivity index (χ2n) is 3.10. The van der Waals surface area contributed by atoms with E-state index in [-0.39, 0.29) is 0 Å². The van der Waals surface area contributed by atoms with Gasteiger partial charge in [0.25, 0.3) is 0 Å². The molecule has 0 radical (unpaired) electrons. The van der Waals surface area contributed by atoms with Gasteiger partial charge in [0.2, 0.25) is 0 Å². The highest BCUT2D eigenvalue weighted by atomic mass is 127. The largest absolute Gasteiger partial charge is 0.496 e. The Hall–Kier alpha value is -0.290. The Morgan fingerprint density at radius 2 is 2.21 bits per heavy atom.